The van der Waals surface area contributed by atoms with Crippen molar-refractivity contribution in [3.63, 3.8) is 0 Å². The maximum atomic E-state index is 11.8. The Bertz CT molecular complexity index is 230. The lowest BCUT2D eigenvalue weighted by Gasteiger charge is -2.29. The van der Waals surface area contributed by atoms with Gasteiger partial charge in [-0.15, -0.1) is 0 Å². The van der Waals surface area contributed by atoms with Gasteiger partial charge in [0.2, 0.25) is 5.91 Å². The second kappa shape index (κ2) is 7.63. The Hall–Kier alpha value is -0.650. The van der Waals surface area contributed by atoms with Gasteiger partial charge in [-0.3, -0.25) is 9.69 Å². The van der Waals surface area contributed by atoms with Crippen LogP contribution in [0.2, 0.25) is 0 Å². The third-order valence-corrected chi connectivity index (χ3v) is 2.98. The van der Waals surface area contributed by atoms with E-state index < -0.39 is 0 Å². The lowest BCUT2D eigenvalue weighted by atomic mass is 10.1. The van der Waals surface area contributed by atoms with Crippen LogP contribution in [-0.2, 0) is 9.53 Å². The van der Waals surface area contributed by atoms with Gasteiger partial charge in [0.05, 0.1) is 13.2 Å². The molecular formula is C12H25N3O2. The van der Waals surface area contributed by atoms with Crippen molar-refractivity contribution in [3.8, 4) is 0 Å². The van der Waals surface area contributed by atoms with Gasteiger partial charge in [-0.05, 0) is 14.0 Å². The maximum Gasteiger partial charge on any atom is 0.224 e. The third-order valence-electron chi connectivity index (χ3n) is 2.98. The first-order valence-corrected chi connectivity index (χ1v) is 6.38. The van der Waals surface area contributed by atoms with Crippen molar-refractivity contribution in [2.24, 2.45) is 5.92 Å². The van der Waals surface area contributed by atoms with Gasteiger partial charge in [-0.1, -0.05) is 6.92 Å². The van der Waals surface area contributed by atoms with Gasteiger partial charge in [-0.2, -0.15) is 0 Å². The minimum absolute atomic E-state index is 0.0205. The number of nitrogens with zero attached hydrogens (tertiary/aromatic N) is 1. The zero-order valence-electron chi connectivity index (χ0n) is 11.2. The molecule has 1 fully saturated rings. The zero-order chi connectivity index (χ0) is 12.7. The molecule has 2 atom stereocenters. The number of amides is 1. The topological polar surface area (TPSA) is 53.6 Å². The van der Waals surface area contributed by atoms with Crippen LogP contribution in [0.15, 0.2) is 0 Å². The largest absolute Gasteiger partial charge is 0.379 e. The van der Waals surface area contributed by atoms with Crippen LogP contribution in [0.5, 0.6) is 0 Å². The molecule has 0 aromatic carbocycles. The van der Waals surface area contributed by atoms with Crippen LogP contribution in [0.25, 0.3) is 0 Å². The molecule has 0 bridgehead atoms. The average molecular weight is 243 g/mol. The fourth-order valence-electron chi connectivity index (χ4n) is 2.00. The minimum atomic E-state index is 0.0205. The van der Waals surface area contributed by atoms with E-state index in [9.17, 15) is 4.79 Å². The summed E-state index contributed by atoms with van der Waals surface area (Å²) in [4.78, 5) is 14.1. The lowest BCUT2D eigenvalue weighted by molar-refractivity contribution is -0.125. The van der Waals surface area contributed by atoms with Crippen molar-refractivity contribution >= 4 is 5.91 Å². The molecule has 0 aromatic rings. The fraction of sp³-hybridized carbons (Fsp3) is 0.917. The smallest absolute Gasteiger partial charge is 0.224 e. The van der Waals surface area contributed by atoms with Gasteiger partial charge < -0.3 is 15.4 Å². The Kier molecular flexibility index (Phi) is 6.47. The van der Waals surface area contributed by atoms with Gasteiger partial charge in [0, 0.05) is 38.1 Å². The van der Waals surface area contributed by atoms with Gasteiger partial charge in [0.15, 0.2) is 0 Å². The quantitative estimate of drug-likeness (QED) is 0.671. The molecule has 1 amide bonds. The molecule has 1 rings (SSSR count). The van der Waals surface area contributed by atoms with Crippen LogP contribution < -0.4 is 10.6 Å². The van der Waals surface area contributed by atoms with Crippen LogP contribution in [0, 0.1) is 5.92 Å². The molecule has 2 N–H and O–H groups in total. The molecule has 2 unspecified atom stereocenters. The number of nitrogens with one attached hydrogen (secondary N) is 2. The van der Waals surface area contributed by atoms with E-state index in [4.69, 9.17) is 4.74 Å². The summed E-state index contributed by atoms with van der Waals surface area (Å²) in [7, 11) is 1.86. The van der Waals surface area contributed by atoms with Crippen molar-refractivity contribution in [3.05, 3.63) is 0 Å². The Morgan fingerprint density at radius 3 is 2.59 bits per heavy atom. The monoisotopic (exact) mass is 243 g/mol. The highest BCUT2D eigenvalue weighted by molar-refractivity contribution is 5.78. The van der Waals surface area contributed by atoms with Crippen LogP contribution in [0.1, 0.15) is 13.8 Å². The van der Waals surface area contributed by atoms with E-state index in [1.165, 1.54) is 0 Å². The van der Waals surface area contributed by atoms with Gasteiger partial charge in [0.1, 0.15) is 0 Å². The first-order chi connectivity index (χ1) is 8.13. The summed E-state index contributed by atoms with van der Waals surface area (Å²) < 4.78 is 5.30. The lowest BCUT2D eigenvalue weighted by Crippen LogP contribution is -2.47. The van der Waals surface area contributed by atoms with E-state index in [1.54, 1.807) is 0 Å². The standard InChI is InChI=1S/C12H25N3O2/c1-10(8-13-3)12(16)14-11(2)9-15-4-6-17-7-5-15/h10-11,13H,4-9H2,1-3H3,(H,14,16). The van der Waals surface area contributed by atoms with Crippen molar-refractivity contribution in [2.45, 2.75) is 19.9 Å². The van der Waals surface area contributed by atoms with E-state index in [2.05, 4.69) is 22.5 Å². The first-order valence-electron chi connectivity index (χ1n) is 6.38. The van der Waals surface area contributed by atoms with Crippen LogP contribution >= 0.6 is 0 Å². The number of hydrogen-bond donors (Lipinski definition) is 2. The summed E-state index contributed by atoms with van der Waals surface area (Å²) >= 11 is 0. The summed E-state index contributed by atoms with van der Waals surface area (Å²) in [5.74, 6) is 0.146. The van der Waals surface area contributed by atoms with Crippen LogP contribution in [-0.4, -0.2) is 63.3 Å². The Labute approximate surface area is 104 Å². The predicted molar refractivity (Wildman–Crippen MR) is 68.0 cm³/mol. The molecule has 5 heteroatoms. The summed E-state index contributed by atoms with van der Waals surface area (Å²) in [6, 6.07) is 0.194. The Morgan fingerprint density at radius 1 is 1.35 bits per heavy atom. The number of morpholine rings is 1. The van der Waals surface area contributed by atoms with Crippen LogP contribution in [0.4, 0.5) is 0 Å². The summed E-state index contributed by atoms with van der Waals surface area (Å²) in [6.45, 7) is 9.15. The molecule has 0 spiro atoms. The predicted octanol–water partition coefficient (Wildman–Crippen LogP) is -0.321. The van der Waals surface area contributed by atoms with Gasteiger partial charge in [-0.25, -0.2) is 0 Å². The van der Waals surface area contributed by atoms with E-state index in [0.29, 0.717) is 0 Å². The van der Waals surface area contributed by atoms with E-state index in [0.717, 1.165) is 39.4 Å². The number of ether oxygens (including phenoxy) is 1. The number of carbonyl (C=O) groups is 1. The fourth-order valence-corrected chi connectivity index (χ4v) is 2.00. The summed E-state index contributed by atoms with van der Waals surface area (Å²) in [6.07, 6.45) is 0. The number of hydrogen-bond acceptors (Lipinski definition) is 4. The molecule has 1 aliphatic heterocycles. The molecule has 1 saturated heterocycles. The van der Waals surface area contributed by atoms with Gasteiger partial charge in [0.25, 0.3) is 0 Å². The van der Waals surface area contributed by atoms with Crippen molar-refractivity contribution < 1.29 is 9.53 Å². The normalized spacial score (nSPS) is 20.9. The molecular weight excluding hydrogens is 218 g/mol. The third kappa shape index (κ3) is 5.48. The summed E-state index contributed by atoms with van der Waals surface area (Å²) in [5, 5.41) is 6.07. The Morgan fingerprint density at radius 2 is 2.00 bits per heavy atom. The van der Waals surface area contributed by atoms with E-state index in [-0.39, 0.29) is 17.9 Å². The zero-order valence-corrected chi connectivity index (χ0v) is 11.2. The first kappa shape index (κ1) is 14.4. The van der Waals surface area contributed by atoms with Crippen molar-refractivity contribution in [2.75, 3.05) is 46.4 Å². The minimum Gasteiger partial charge on any atom is -0.379 e. The second-order valence-electron chi connectivity index (χ2n) is 4.78. The molecule has 0 aromatic heterocycles. The molecule has 1 aliphatic rings. The van der Waals surface area contributed by atoms with E-state index >= 15 is 0 Å². The van der Waals surface area contributed by atoms with Gasteiger partial charge >= 0.3 is 0 Å². The number of carbonyl (C=O) groups excluding carboxylic acids is 1. The molecule has 17 heavy (non-hydrogen) atoms. The second-order valence-corrected chi connectivity index (χ2v) is 4.78. The molecule has 0 saturated carbocycles. The van der Waals surface area contributed by atoms with Crippen LogP contribution in [0.3, 0.4) is 0 Å². The molecule has 0 radical (unpaired) electrons. The number of rotatable bonds is 6. The maximum absolute atomic E-state index is 11.8. The highest BCUT2D eigenvalue weighted by atomic mass is 16.5. The Balaban J connectivity index is 2.23. The average Bonchev–Trinajstić information content (AvgIpc) is 2.30. The molecule has 100 valence electrons. The SMILES string of the molecule is CNCC(C)C(=O)NC(C)CN1CCOCC1. The summed E-state index contributed by atoms with van der Waals surface area (Å²) in [5.41, 5.74) is 0. The molecule has 5 nitrogen and oxygen atoms in total. The van der Waals surface area contributed by atoms with Crippen molar-refractivity contribution in [1.29, 1.82) is 0 Å². The molecule has 0 aliphatic carbocycles. The van der Waals surface area contributed by atoms with E-state index in [1.807, 2.05) is 14.0 Å². The van der Waals surface area contributed by atoms with Crippen molar-refractivity contribution in [1.82, 2.24) is 15.5 Å². The highest BCUT2D eigenvalue weighted by Gasteiger charge is 2.17. The highest BCUT2D eigenvalue weighted by Crippen LogP contribution is 2.00. The molecule has 1 heterocycles.